The van der Waals surface area contributed by atoms with Gasteiger partial charge in [-0.15, -0.1) is 0 Å². The first-order valence-corrected chi connectivity index (χ1v) is 16.3. The van der Waals surface area contributed by atoms with Crippen LogP contribution in [0.1, 0.15) is 50.8 Å². The average molecular weight is 665 g/mol. The fourth-order valence-corrected chi connectivity index (χ4v) is 5.77. The maximum Gasteiger partial charge on any atom is 0.410 e. The van der Waals surface area contributed by atoms with Gasteiger partial charge in [0.25, 0.3) is 5.91 Å². The number of aryl methyl sites for hydroxylation is 1. The molecule has 0 aromatic heterocycles. The number of likely N-dealkylation sites (N-methyl/N-ethyl adjacent to an activating group) is 2. The quantitative estimate of drug-likeness (QED) is 0.339. The summed E-state index contributed by atoms with van der Waals surface area (Å²) >= 11 is 0. The standard InChI is InChI=1S/C35H48N6O7/c1-8-38(34(46)48-35(3,4)5)15-16-39(23-32(44)37(6)40-20-25-11-9-10-12-26(25)21-40)31(43)19-36-29-14-13-28(17-24(29)2)41-22-27(18-30(41)42)33(45)47-7/h9-14,17,27,36H,8,15-16,18-23H2,1-7H3. The number of fused-ring (bicyclic) bond motifs is 1. The number of benzene rings is 2. The van der Waals surface area contributed by atoms with Crippen LogP contribution < -0.4 is 10.2 Å². The molecule has 4 amide bonds. The molecule has 13 nitrogen and oxygen atoms in total. The molecule has 0 radical (unpaired) electrons. The molecule has 48 heavy (non-hydrogen) atoms. The second kappa shape index (κ2) is 15.5. The Labute approximate surface area is 282 Å². The number of nitrogens with zero attached hydrogens (tertiary/aromatic N) is 5. The summed E-state index contributed by atoms with van der Waals surface area (Å²) in [5, 5.41) is 6.68. The van der Waals surface area contributed by atoms with Crippen LogP contribution in [-0.4, -0.2) is 109 Å². The molecule has 4 rings (SSSR count). The molecule has 2 heterocycles. The highest BCUT2D eigenvalue weighted by Gasteiger charge is 2.36. The lowest BCUT2D eigenvalue weighted by Crippen LogP contribution is -2.50. The average Bonchev–Trinajstić information content (AvgIpc) is 3.65. The molecule has 1 atom stereocenters. The van der Waals surface area contributed by atoms with Crippen LogP contribution in [0.3, 0.4) is 0 Å². The van der Waals surface area contributed by atoms with E-state index in [0.29, 0.717) is 31.0 Å². The Morgan fingerprint density at radius 3 is 2.21 bits per heavy atom. The minimum Gasteiger partial charge on any atom is -0.469 e. The van der Waals surface area contributed by atoms with Crippen molar-refractivity contribution in [1.82, 2.24) is 19.8 Å². The second-order valence-electron chi connectivity index (χ2n) is 13.2. The van der Waals surface area contributed by atoms with Crippen LogP contribution in [0.15, 0.2) is 42.5 Å². The topological polar surface area (TPSA) is 132 Å². The third kappa shape index (κ3) is 9.03. The van der Waals surface area contributed by atoms with Crippen LogP contribution >= 0.6 is 0 Å². The number of esters is 1. The SMILES string of the molecule is CCN(CCN(CC(=O)N(C)N1Cc2ccccc2C1)C(=O)CNc1ccc(N2CC(C(=O)OC)CC2=O)cc1C)C(=O)OC(C)(C)C. The van der Waals surface area contributed by atoms with Gasteiger partial charge in [0.15, 0.2) is 0 Å². The molecule has 0 bridgehead atoms. The van der Waals surface area contributed by atoms with Crippen molar-refractivity contribution in [3.63, 3.8) is 0 Å². The van der Waals surface area contributed by atoms with Gasteiger partial charge in [-0.3, -0.25) is 24.2 Å². The van der Waals surface area contributed by atoms with Crippen LogP contribution in [-0.2, 0) is 41.7 Å². The lowest BCUT2D eigenvalue weighted by molar-refractivity contribution is -0.151. The predicted octanol–water partition coefficient (Wildman–Crippen LogP) is 3.41. The highest BCUT2D eigenvalue weighted by atomic mass is 16.6. The van der Waals surface area contributed by atoms with Crippen LogP contribution in [0, 0.1) is 12.8 Å². The summed E-state index contributed by atoms with van der Waals surface area (Å²) in [5.41, 5.74) is 3.78. The molecule has 0 saturated carbocycles. The predicted molar refractivity (Wildman–Crippen MR) is 181 cm³/mol. The van der Waals surface area contributed by atoms with Crippen LogP contribution in [0.25, 0.3) is 0 Å². The number of rotatable bonds is 12. The van der Waals surface area contributed by atoms with E-state index in [0.717, 1.165) is 16.7 Å². The molecule has 1 unspecified atom stereocenters. The van der Waals surface area contributed by atoms with E-state index in [-0.39, 0.29) is 56.9 Å². The van der Waals surface area contributed by atoms with Crippen LogP contribution in [0.4, 0.5) is 16.2 Å². The lowest BCUT2D eigenvalue weighted by atomic mass is 10.1. The molecule has 1 saturated heterocycles. The summed E-state index contributed by atoms with van der Waals surface area (Å²) in [6.07, 6.45) is -0.392. The third-order valence-corrected chi connectivity index (χ3v) is 8.57. The van der Waals surface area contributed by atoms with Crippen molar-refractivity contribution in [1.29, 1.82) is 0 Å². The first-order valence-electron chi connectivity index (χ1n) is 16.3. The smallest absolute Gasteiger partial charge is 0.410 e. The zero-order chi connectivity index (χ0) is 35.2. The van der Waals surface area contributed by atoms with E-state index in [1.54, 1.807) is 49.9 Å². The molecule has 1 fully saturated rings. The summed E-state index contributed by atoms with van der Waals surface area (Å²) in [7, 11) is 3.02. The van der Waals surface area contributed by atoms with E-state index in [1.165, 1.54) is 16.9 Å². The van der Waals surface area contributed by atoms with Gasteiger partial charge in [0.1, 0.15) is 12.1 Å². The largest absolute Gasteiger partial charge is 0.469 e. The van der Waals surface area contributed by atoms with Crippen LogP contribution in [0.2, 0.25) is 0 Å². The maximum absolute atomic E-state index is 13.7. The fourth-order valence-electron chi connectivity index (χ4n) is 5.77. The molecular formula is C35H48N6O7. The summed E-state index contributed by atoms with van der Waals surface area (Å²) in [6.45, 7) is 10.9. The van der Waals surface area contributed by atoms with Crippen molar-refractivity contribution in [2.24, 2.45) is 5.92 Å². The number of hydrazine groups is 1. The van der Waals surface area contributed by atoms with Gasteiger partial charge in [0.2, 0.25) is 11.8 Å². The number of ether oxygens (including phenoxy) is 2. The number of methoxy groups -OCH3 is 1. The molecule has 0 spiro atoms. The molecule has 2 aliphatic heterocycles. The summed E-state index contributed by atoms with van der Waals surface area (Å²) in [6, 6.07) is 13.4. The Hall–Kier alpha value is -4.65. The summed E-state index contributed by atoms with van der Waals surface area (Å²) < 4.78 is 10.3. The van der Waals surface area contributed by atoms with Crippen LogP contribution in [0.5, 0.6) is 0 Å². The molecule has 2 aromatic carbocycles. The van der Waals surface area contributed by atoms with Crippen molar-refractivity contribution in [2.45, 2.75) is 59.7 Å². The number of carbonyl (C=O) groups excluding carboxylic acids is 5. The number of nitrogens with one attached hydrogen (secondary N) is 1. The van der Waals surface area contributed by atoms with Gasteiger partial charge < -0.3 is 29.5 Å². The minimum atomic E-state index is -0.672. The van der Waals surface area contributed by atoms with Gasteiger partial charge in [0.05, 0.1) is 19.6 Å². The van der Waals surface area contributed by atoms with Crippen molar-refractivity contribution in [3.8, 4) is 0 Å². The summed E-state index contributed by atoms with van der Waals surface area (Å²) in [5.74, 6) is -1.65. The van der Waals surface area contributed by atoms with Gasteiger partial charge >= 0.3 is 12.1 Å². The van der Waals surface area contributed by atoms with Crippen molar-refractivity contribution in [3.05, 3.63) is 59.2 Å². The molecule has 1 N–H and O–H groups in total. The van der Waals surface area contributed by atoms with Gasteiger partial charge in [0, 0.05) is 64.1 Å². The van der Waals surface area contributed by atoms with Crippen molar-refractivity contribution < 1.29 is 33.4 Å². The molecular weight excluding hydrogens is 616 g/mol. The van der Waals surface area contributed by atoms with Gasteiger partial charge in [-0.05, 0) is 69.5 Å². The summed E-state index contributed by atoms with van der Waals surface area (Å²) in [4.78, 5) is 69.1. The number of hydrogen-bond donors (Lipinski definition) is 1. The molecule has 260 valence electrons. The van der Waals surface area contributed by atoms with E-state index >= 15 is 0 Å². The van der Waals surface area contributed by atoms with E-state index in [2.05, 4.69) is 5.32 Å². The van der Waals surface area contributed by atoms with Crippen molar-refractivity contribution in [2.75, 3.05) is 63.6 Å². The number of hydrogen-bond acceptors (Lipinski definition) is 9. The minimum absolute atomic E-state index is 0.0953. The number of amides is 4. The highest BCUT2D eigenvalue weighted by molar-refractivity contribution is 5.99. The Morgan fingerprint density at radius 2 is 1.62 bits per heavy atom. The van der Waals surface area contributed by atoms with Crippen molar-refractivity contribution >= 4 is 41.2 Å². The zero-order valence-corrected chi connectivity index (χ0v) is 29.1. The Morgan fingerprint density at radius 1 is 0.979 bits per heavy atom. The van der Waals surface area contributed by atoms with Gasteiger partial charge in [-0.25, -0.2) is 9.80 Å². The van der Waals surface area contributed by atoms with E-state index < -0.39 is 23.6 Å². The zero-order valence-electron chi connectivity index (χ0n) is 29.1. The third-order valence-electron chi connectivity index (χ3n) is 8.57. The highest BCUT2D eigenvalue weighted by Crippen LogP contribution is 2.29. The van der Waals surface area contributed by atoms with E-state index in [9.17, 15) is 24.0 Å². The first kappa shape index (κ1) is 36.2. The lowest BCUT2D eigenvalue weighted by Gasteiger charge is -2.32. The number of carbonyl (C=O) groups is 5. The molecule has 2 aliphatic rings. The second-order valence-corrected chi connectivity index (χ2v) is 13.2. The Balaban J connectivity index is 1.43. The Bertz CT molecular complexity index is 1500. The molecule has 0 aliphatic carbocycles. The molecule has 13 heteroatoms. The van der Waals surface area contributed by atoms with Gasteiger partial charge in [-0.1, -0.05) is 24.3 Å². The van der Waals surface area contributed by atoms with E-state index in [4.69, 9.17) is 9.47 Å². The monoisotopic (exact) mass is 664 g/mol. The maximum atomic E-state index is 13.7. The normalized spacial score (nSPS) is 15.9. The van der Waals surface area contributed by atoms with Gasteiger partial charge in [-0.2, -0.15) is 0 Å². The molecule has 2 aromatic rings. The van der Waals surface area contributed by atoms with E-state index in [1.807, 2.05) is 49.2 Å². The fraction of sp³-hybridized carbons (Fsp3) is 0.514. The Kier molecular flexibility index (Phi) is 11.7. The number of anilines is 2. The first-order chi connectivity index (χ1) is 22.7.